The minimum absolute atomic E-state index is 0.301. The van der Waals surface area contributed by atoms with Crippen molar-refractivity contribution in [2.75, 3.05) is 20.2 Å². The molecule has 0 bridgehead atoms. The van der Waals surface area contributed by atoms with E-state index < -0.39 is 0 Å². The summed E-state index contributed by atoms with van der Waals surface area (Å²) in [5, 5.41) is 0. The van der Waals surface area contributed by atoms with Crippen LogP contribution in [0.2, 0.25) is 0 Å². The van der Waals surface area contributed by atoms with Crippen molar-refractivity contribution in [3.8, 4) is 0 Å². The van der Waals surface area contributed by atoms with Crippen molar-refractivity contribution >= 4 is 21.9 Å². The van der Waals surface area contributed by atoms with Gasteiger partial charge in [-0.2, -0.15) is 0 Å². The van der Waals surface area contributed by atoms with Crippen molar-refractivity contribution in [1.82, 2.24) is 4.90 Å². The van der Waals surface area contributed by atoms with Gasteiger partial charge >= 0.3 is 5.97 Å². The summed E-state index contributed by atoms with van der Waals surface area (Å²) in [4.78, 5) is 14.0. The summed E-state index contributed by atoms with van der Waals surface area (Å²) in [6.07, 6.45) is 2.62. The van der Waals surface area contributed by atoms with Crippen molar-refractivity contribution in [2.24, 2.45) is 5.92 Å². The molecule has 3 nitrogen and oxygen atoms in total. The summed E-state index contributed by atoms with van der Waals surface area (Å²) in [5.41, 5.74) is 1.81. The second-order valence-corrected chi connectivity index (χ2v) is 6.14. The molecule has 1 fully saturated rings. The predicted molar refractivity (Wildman–Crippen MR) is 79.2 cm³/mol. The molecular formula is C15H20BrNO2. The lowest BCUT2D eigenvalue weighted by Gasteiger charge is -2.30. The Morgan fingerprint density at radius 3 is 2.95 bits per heavy atom. The number of carbonyl (C=O) groups excluding carboxylic acids is 1. The number of benzene rings is 1. The van der Waals surface area contributed by atoms with Gasteiger partial charge in [0.1, 0.15) is 0 Å². The summed E-state index contributed by atoms with van der Waals surface area (Å²) in [6, 6.07) is 5.86. The third-order valence-corrected chi connectivity index (χ3v) is 4.24. The molecule has 1 aromatic rings. The third kappa shape index (κ3) is 3.80. The Kier molecular flexibility index (Phi) is 4.99. The van der Waals surface area contributed by atoms with Gasteiger partial charge in [-0.05, 0) is 58.9 Å². The predicted octanol–water partition coefficient (Wildman–Crippen LogP) is 3.47. The van der Waals surface area contributed by atoms with Gasteiger partial charge in [0.25, 0.3) is 0 Å². The van der Waals surface area contributed by atoms with Gasteiger partial charge < -0.3 is 4.74 Å². The zero-order valence-electron chi connectivity index (χ0n) is 11.5. The van der Waals surface area contributed by atoms with Crippen molar-refractivity contribution in [3.63, 3.8) is 0 Å². The molecule has 1 saturated heterocycles. The zero-order valence-corrected chi connectivity index (χ0v) is 13.1. The van der Waals surface area contributed by atoms with Gasteiger partial charge in [0, 0.05) is 17.6 Å². The maximum absolute atomic E-state index is 11.5. The summed E-state index contributed by atoms with van der Waals surface area (Å²) < 4.78 is 5.55. The molecule has 19 heavy (non-hydrogen) atoms. The molecule has 0 amide bonds. The van der Waals surface area contributed by atoms with Gasteiger partial charge in [0.15, 0.2) is 0 Å². The highest BCUT2D eigenvalue weighted by Crippen LogP contribution is 2.22. The number of halogens is 1. The lowest BCUT2D eigenvalue weighted by molar-refractivity contribution is 0.0599. The van der Waals surface area contributed by atoms with Crippen LogP contribution in [0.15, 0.2) is 22.7 Å². The molecule has 2 rings (SSSR count). The average Bonchev–Trinajstić information content (AvgIpc) is 2.38. The van der Waals surface area contributed by atoms with Crippen LogP contribution in [0.5, 0.6) is 0 Å². The average molecular weight is 326 g/mol. The highest BCUT2D eigenvalue weighted by molar-refractivity contribution is 9.10. The molecule has 1 unspecified atom stereocenters. The van der Waals surface area contributed by atoms with E-state index in [1.165, 1.54) is 32.1 Å². The molecule has 1 aliphatic heterocycles. The number of esters is 1. The number of piperidine rings is 1. The fraction of sp³-hybridized carbons (Fsp3) is 0.533. The molecule has 0 N–H and O–H groups in total. The van der Waals surface area contributed by atoms with Crippen molar-refractivity contribution < 1.29 is 9.53 Å². The summed E-state index contributed by atoms with van der Waals surface area (Å²) in [7, 11) is 1.40. The van der Waals surface area contributed by atoms with E-state index >= 15 is 0 Å². The molecule has 1 aromatic carbocycles. The third-order valence-electron chi connectivity index (χ3n) is 3.59. The van der Waals surface area contributed by atoms with E-state index in [0.717, 1.165) is 23.5 Å². The number of hydrogen-bond acceptors (Lipinski definition) is 3. The number of hydrogen-bond donors (Lipinski definition) is 0. The molecule has 1 atom stereocenters. The van der Waals surface area contributed by atoms with Crippen LogP contribution in [0.25, 0.3) is 0 Å². The van der Waals surface area contributed by atoms with Crippen LogP contribution in [0, 0.1) is 5.92 Å². The highest BCUT2D eigenvalue weighted by atomic mass is 79.9. The fourth-order valence-corrected chi connectivity index (χ4v) is 3.21. The molecule has 0 spiro atoms. The molecule has 0 aromatic heterocycles. The quantitative estimate of drug-likeness (QED) is 0.797. The van der Waals surface area contributed by atoms with E-state index in [0.29, 0.717) is 5.56 Å². The van der Waals surface area contributed by atoms with E-state index in [1.54, 1.807) is 0 Å². The lowest BCUT2D eigenvalue weighted by atomic mass is 9.99. The van der Waals surface area contributed by atoms with Gasteiger partial charge in [-0.25, -0.2) is 4.79 Å². The molecule has 104 valence electrons. The standard InChI is InChI=1S/C15H20BrNO2/c1-11-4-3-7-17(9-11)10-12-5-6-13(14(16)8-12)15(18)19-2/h5-6,8,11H,3-4,7,9-10H2,1-2H3. The molecule has 0 aliphatic carbocycles. The number of likely N-dealkylation sites (tertiary alicyclic amines) is 1. The Morgan fingerprint density at radius 2 is 2.32 bits per heavy atom. The van der Waals surface area contributed by atoms with Crippen LogP contribution >= 0.6 is 15.9 Å². The monoisotopic (exact) mass is 325 g/mol. The van der Waals surface area contributed by atoms with Gasteiger partial charge in [0.2, 0.25) is 0 Å². The minimum atomic E-state index is -0.301. The smallest absolute Gasteiger partial charge is 0.338 e. The van der Waals surface area contributed by atoms with Crippen LogP contribution in [0.1, 0.15) is 35.7 Å². The SMILES string of the molecule is COC(=O)c1ccc(CN2CCCC(C)C2)cc1Br. The summed E-state index contributed by atoms with van der Waals surface area (Å²) in [6.45, 7) is 5.59. The first-order valence-corrected chi connectivity index (χ1v) is 7.48. The topological polar surface area (TPSA) is 29.5 Å². The number of rotatable bonds is 3. The summed E-state index contributed by atoms with van der Waals surface area (Å²) >= 11 is 3.45. The Morgan fingerprint density at radius 1 is 1.53 bits per heavy atom. The van der Waals surface area contributed by atoms with Crippen molar-refractivity contribution in [3.05, 3.63) is 33.8 Å². The first kappa shape index (κ1) is 14.5. The van der Waals surface area contributed by atoms with Crippen LogP contribution in [0.3, 0.4) is 0 Å². The minimum Gasteiger partial charge on any atom is -0.465 e. The molecule has 0 saturated carbocycles. The highest BCUT2D eigenvalue weighted by Gasteiger charge is 2.17. The first-order chi connectivity index (χ1) is 9.10. The zero-order chi connectivity index (χ0) is 13.8. The number of methoxy groups -OCH3 is 1. The van der Waals surface area contributed by atoms with E-state index in [9.17, 15) is 4.79 Å². The van der Waals surface area contributed by atoms with Crippen LogP contribution in [-0.4, -0.2) is 31.1 Å². The summed E-state index contributed by atoms with van der Waals surface area (Å²) in [5.74, 6) is 0.483. The Labute approximate surface area is 123 Å². The van der Waals surface area contributed by atoms with E-state index in [2.05, 4.69) is 27.8 Å². The van der Waals surface area contributed by atoms with E-state index in [1.807, 2.05) is 18.2 Å². The Hall–Kier alpha value is -0.870. The van der Waals surface area contributed by atoms with Crippen LogP contribution < -0.4 is 0 Å². The van der Waals surface area contributed by atoms with Gasteiger partial charge in [-0.1, -0.05) is 13.0 Å². The van der Waals surface area contributed by atoms with Crippen LogP contribution in [-0.2, 0) is 11.3 Å². The van der Waals surface area contributed by atoms with Gasteiger partial charge in [0.05, 0.1) is 12.7 Å². The molecule has 1 heterocycles. The van der Waals surface area contributed by atoms with E-state index in [4.69, 9.17) is 4.74 Å². The fourth-order valence-electron chi connectivity index (χ4n) is 2.62. The maximum Gasteiger partial charge on any atom is 0.338 e. The molecule has 0 radical (unpaired) electrons. The van der Waals surface area contributed by atoms with Gasteiger partial charge in [-0.15, -0.1) is 0 Å². The molecule has 4 heteroatoms. The number of nitrogens with zero attached hydrogens (tertiary/aromatic N) is 1. The second kappa shape index (κ2) is 6.53. The largest absolute Gasteiger partial charge is 0.465 e. The first-order valence-electron chi connectivity index (χ1n) is 6.69. The lowest BCUT2D eigenvalue weighted by Crippen LogP contribution is -2.33. The van der Waals surface area contributed by atoms with Crippen molar-refractivity contribution in [2.45, 2.75) is 26.3 Å². The van der Waals surface area contributed by atoms with E-state index in [-0.39, 0.29) is 5.97 Å². The number of carbonyl (C=O) groups is 1. The van der Waals surface area contributed by atoms with Crippen LogP contribution in [0.4, 0.5) is 0 Å². The molecule has 1 aliphatic rings. The Balaban J connectivity index is 2.05. The molecular weight excluding hydrogens is 306 g/mol. The normalized spacial score (nSPS) is 20.3. The second-order valence-electron chi connectivity index (χ2n) is 5.29. The maximum atomic E-state index is 11.5. The van der Waals surface area contributed by atoms with Crippen molar-refractivity contribution in [1.29, 1.82) is 0 Å². The van der Waals surface area contributed by atoms with Gasteiger partial charge in [-0.3, -0.25) is 4.90 Å². The number of ether oxygens (including phenoxy) is 1. The Bertz CT molecular complexity index is 461.